The van der Waals surface area contributed by atoms with Crippen LogP contribution in [0.3, 0.4) is 0 Å². The van der Waals surface area contributed by atoms with Crippen molar-refractivity contribution >= 4 is 0 Å². The van der Waals surface area contributed by atoms with Crippen molar-refractivity contribution in [3.8, 4) is 0 Å². The van der Waals surface area contributed by atoms with Gasteiger partial charge >= 0.3 is 0 Å². The molecule has 2 N–H and O–H groups in total. The summed E-state index contributed by atoms with van der Waals surface area (Å²) >= 11 is 0. The molecule has 1 rings (SSSR count). The first-order valence-electron chi connectivity index (χ1n) is 3.40. The zero-order chi connectivity index (χ0) is 7.07. The predicted molar refractivity (Wildman–Crippen MR) is 36.9 cm³/mol. The van der Waals surface area contributed by atoms with Crippen molar-refractivity contribution in [2.45, 2.75) is 39.5 Å². The quantitative estimate of drug-likeness (QED) is 0.538. The maximum Gasteiger partial charge on any atom is 0.132 e. The van der Waals surface area contributed by atoms with E-state index in [1.165, 1.54) is 0 Å². The van der Waals surface area contributed by atoms with E-state index in [2.05, 4.69) is 20.8 Å². The maximum absolute atomic E-state index is 5.45. The molecule has 0 aromatic rings. The second-order valence-corrected chi connectivity index (χ2v) is 3.90. The van der Waals surface area contributed by atoms with Gasteiger partial charge in [-0.25, -0.2) is 0 Å². The molecular formula is C7H15NO. The average Bonchev–Trinajstić information content (AvgIpc) is 2.13. The van der Waals surface area contributed by atoms with E-state index < -0.39 is 0 Å². The number of rotatable bonds is 1. The Morgan fingerprint density at radius 3 is 2.00 bits per heavy atom. The van der Waals surface area contributed by atoms with Gasteiger partial charge in [-0.3, -0.25) is 0 Å². The van der Waals surface area contributed by atoms with Crippen LogP contribution in [0, 0.1) is 5.41 Å². The number of ether oxygens (including phenoxy) is 1. The molecule has 54 valence electrons. The molecule has 2 atom stereocenters. The third kappa shape index (κ3) is 2.33. The van der Waals surface area contributed by atoms with Gasteiger partial charge in [0.05, 0.1) is 6.10 Å². The lowest BCUT2D eigenvalue weighted by molar-refractivity contribution is 0.294. The Balaban J connectivity index is 2.19. The molecule has 0 aromatic heterocycles. The monoisotopic (exact) mass is 129 g/mol. The van der Waals surface area contributed by atoms with Gasteiger partial charge in [0, 0.05) is 0 Å². The van der Waals surface area contributed by atoms with E-state index in [4.69, 9.17) is 10.5 Å². The van der Waals surface area contributed by atoms with Crippen LogP contribution < -0.4 is 5.73 Å². The van der Waals surface area contributed by atoms with E-state index in [0.717, 1.165) is 6.42 Å². The average molecular weight is 129 g/mol. The Morgan fingerprint density at radius 1 is 1.44 bits per heavy atom. The predicted octanol–water partition coefficient (Wildman–Crippen LogP) is 1.11. The van der Waals surface area contributed by atoms with E-state index in [0.29, 0.717) is 11.5 Å². The fourth-order valence-corrected chi connectivity index (χ4v) is 0.924. The summed E-state index contributed by atoms with van der Waals surface area (Å²) in [7, 11) is 0. The van der Waals surface area contributed by atoms with Crippen LogP contribution in [-0.2, 0) is 4.74 Å². The highest BCUT2D eigenvalue weighted by Crippen LogP contribution is 2.30. The Labute approximate surface area is 56.4 Å². The van der Waals surface area contributed by atoms with Gasteiger partial charge in [0.2, 0.25) is 0 Å². The molecule has 0 amide bonds. The minimum absolute atomic E-state index is 0.0317. The van der Waals surface area contributed by atoms with Crippen LogP contribution in [-0.4, -0.2) is 12.3 Å². The molecule has 2 heteroatoms. The molecule has 0 saturated carbocycles. The molecule has 2 nitrogen and oxygen atoms in total. The molecule has 2 unspecified atom stereocenters. The Bertz CT molecular complexity index is 106. The Kier molecular flexibility index (Phi) is 1.53. The van der Waals surface area contributed by atoms with Crippen molar-refractivity contribution in [1.29, 1.82) is 0 Å². The molecule has 0 radical (unpaired) electrons. The van der Waals surface area contributed by atoms with E-state index in [1.807, 2.05) is 0 Å². The fraction of sp³-hybridized carbons (Fsp3) is 1.00. The summed E-state index contributed by atoms with van der Waals surface area (Å²) < 4.78 is 5.07. The standard InChI is InChI=1S/C7H15NO/c1-7(2,3)4-5-6(8)9-5/h5-6H,4,8H2,1-3H3. The zero-order valence-corrected chi connectivity index (χ0v) is 6.35. The van der Waals surface area contributed by atoms with Crippen molar-refractivity contribution in [1.82, 2.24) is 0 Å². The molecule has 0 bridgehead atoms. The van der Waals surface area contributed by atoms with Gasteiger partial charge < -0.3 is 10.5 Å². The molecular weight excluding hydrogens is 114 g/mol. The number of hydrogen-bond acceptors (Lipinski definition) is 2. The van der Waals surface area contributed by atoms with Crippen molar-refractivity contribution in [2.24, 2.45) is 11.1 Å². The van der Waals surface area contributed by atoms with Crippen LogP contribution in [0.25, 0.3) is 0 Å². The van der Waals surface area contributed by atoms with Crippen LogP contribution in [0.1, 0.15) is 27.2 Å². The van der Waals surface area contributed by atoms with Gasteiger partial charge in [-0.1, -0.05) is 20.8 Å². The third-order valence-electron chi connectivity index (χ3n) is 1.44. The van der Waals surface area contributed by atoms with Gasteiger partial charge in [-0.05, 0) is 11.8 Å². The number of nitrogens with two attached hydrogens (primary N) is 1. The lowest BCUT2D eigenvalue weighted by Gasteiger charge is -2.15. The molecule has 0 aliphatic carbocycles. The number of epoxide rings is 1. The van der Waals surface area contributed by atoms with Crippen LogP contribution in [0.2, 0.25) is 0 Å². The van der Waals surface area contributed by atoms with E-state index in [-0.39, 0.29) is 6.23 Å². The maximum atomic E-state index is 5.45. The summed E-state index contributed by atoms with van der Waals surface area (Å²) in [5, 5.41) is 0. The van der Waals surface area contributed by atoms with Crippen LogP contribution in [0.5, 0.6) is 0 Å². The first kappa shape index (κ1) is 7.03. The van der Waals surface area contributed by atoms with Gasteiger partial charge in [0.15, 0.2) is 0 Å². The smallest absolute Gasteiger partial charge is 0.132 e. The molecule has 0 spiro atoms. The second kappa shape index (κ2) is 1.96. The third-order valence-corrected chi connectivity index (χ3v) is 1.44. The summed E-state index contributed by atoms with van der Waals surface area (Å²) in [6.45, 7) is 6.59. The van der Waals surface area contributed by atoms with Gasteiger partial charge in [-0.15, -0.1) is 0 Å². The molecule has 1 heterocycles. The van der Waals surface area contributed by atoms with Crippen LogP contribution >= 0.6 is 0 Å². The molecule has 1 aliphatic heterocycles. The minimum atomic E-state index is 0.0317. The highest BCUT2D eigenvalue weighted by atomic mass is 16.6. The second-order valence-electron chi connectivity index (χ2n) is 3.90. The van der Waals surface area contributed by atoms with Gasteiger partial charge in [-0.2, -0.15) is 0 Å². The molecule has 1 fully saturated rings. The van der Waals surface area contributed by atoms with Crippen LogP contribution in [0.15, 0.2) is 0 Å². The summed E-state index contributed by atoms with van der Waals surface area (Å²) in [4.78, 5) is 0. The van der Waals surface area contributed by atoms with Crippen molar-refractivity contribution in [2.75, 3.05) is 0 Å². The van der Waals surface area contributed by atoms with E-state index >= 15 is 0 Å². The Morgan fingerprint density at radius 2 is 1.89 bits per heavy atom. The van der Waals surface area contributed by atoms with Crippen LogP contribution in [0.4, 0.5) is 0 Å². The van der Waals surface area contributed by atoms with Gasteiger partial charge in [0.25, 0.3) is 0 Å². The fourth-order valence-electron chi connectivity index (χ4n) is 0.924. The molecule has 0 aromatic carbocycles. The highest BCUT2D eigenvalue weighted by molar-refractivity contribution is 4.83. The summed E-state index contributed by atoms with van der Waals surface area (Å²) in [6, 6.07) is 0. The highest BCUT2D eigenvalue weighted by Gasteiger charge is 2.37. The molecule has 1 saturated heterocycles. The van der Waals surface area contributed by atoms with Crippen molar-refractivity contribution in [3.05, 3.63) is 0 Å². The van der Waals surface area contributed by atoms with E-state index in [9.17, 15) is 0 Å². The molecule has 1 aliphatic rings. The summed E-state index contributed by atoms with van der Waals surface area (Å²) in [5.41, 5.74) is 5.81. The zero-order valence-electron chi connectivity index (χ0n) is 6.35. The Hall–Kier alpha value is -0.0800. The first-order valence-corrected chi connectivity index (χ1v) is 3.40. The first-order chi connectivity index (χ1) is 3.99. The lowest BCUT2D eigenvalue weighted by atomic mass is 9.90. The molecule has 9 heavy (non-hydrogen) atoms. The largest absolute Gasteiger partial charge is 0.353 e. The summed E-state index contributed by atoms with van der Waals surface area (Å²) in [5.74, 6) is 0. The lowest BCUT2D eigenvalue weighted by Crippen LogP contribution is -2.13. The van der Waals surface area contributed by atoms with Gasteiger partial charge in [0.1, 0.15) is 6.23 Å². The number of hydrogen-bond donors (Lipinski definition) is 1. The minimum Gasteiger partial charge on any atom is -0.353 e. The van der Waals surface area contributed by atoms with Crippen molar-refractivity contribution < 1.29 is 4.74 Å². The topological polar surface area (TPSA) is 38.5 Å². The van der Waals surface area contributed by atoms with E-state index in [1.54, 1.807) is 0 Å². The van der Waals surface area contributed by atoms with Crippen molar-refractivity contribution in [3.63, 3.8) is 0 Å². The summed E-state index contributed by atoms with van der Waals surface area (Å²) in [6.07, 6.45) is 1.45. The normalized spacial score (nSPS) is 34.7. The SMILES string of the molecule is CC(C)(C)CC1OC1N.